The molecule has 1 nitrogen and oxygen atoms in total. The van der Waals surface area contributed by atoms with Gasteiger partial charge in [-0.3, -0.25) is 0 Å². The molecule has 2 heteroatoms. The quantitative estimate of drug-likeness (QED) is 0.462. The highest BCUT2D eigenvalue weighted by atomic mass is 28.3. The van der Waals surface area contributed by atoms with Crippen molar-refractivity contribution in [1.82, 2.24) is 0 Å². The Hall–Kier alpha value is 0.177. The number of aliphatic hydroxyl groups is 1. The van der Waals surface area contributed by atoms with Crippen molar-refractivity contribution >= 4 is 8.80 Å². The zero-order chi connectivity index (χ0) is 7.11. The van der Waals surface area contributed by atoms with Crippen molar-refractivity contribution in [3.8, 4) is 0 Å². The van der Waals surface area contributed by atoms with E-state index in [4.69, 9.17) is 5.11 Å². The van der Waals surface area contributed by atoms with Crippen LogP contribution in [0.3, 0.4) is 0 Å². The van der Waals surface area contributed by atoms with E-state index in [1.54, 1.807) is 0 Å². The lowest BCUT2D eigenvalue weighted by Crippen LogP contribution is -1.98. The van der Waals surface area contributed by atoms with Crippen molar-refractivity contribution in [3.63, 3.8) is 0 Å². The van der Waals surface area contributed by atoms with Gasteiger partial charge in [0.15, 0.2) is 0 Å². The van der Waals surface area contributed by atoms with E-state index in [-0.39, 0.29) is 8.80 Å². The van der Waals surface area contributed by atoms with Crippen molar-refractivity contribution in [2.24, 2.45) is 0 Å². The summed E-state index contributed by atoms with van der Waals surface area (Å²) < 4.78 is 0. The summed E-state index contributed by atoms with van der Waals surface area (Å²) in [6, 6.07) is 1.44. The van der Waals surface area contributed by atoms with E-state index in [2.05, 4.69) is 13.1 Å². The minimum absolute atomic E-state index is 0.295. The smallest absolute Gasteiger partial charge is 0.0431 e. The summed E-state index contributed by atoms with van der Waals surface area (Å²) in [5.41, 5.74) is 0. The Labute approximate surface area is 59.7 Å². The number of unbranched alkanes of at least 4 members (excludes halogenated alkanes) is 2. The monoisotopic (exact) mass is 146 g/mol. The van der Waals surface area contributed by atoms with Crippen LogP contribution in [0.2, 0.25) is 19.1 Å². The van der Waals surface area contributed by atoms with Crippen molar-refractivity contribution < 1.29 is 5.11 Å². The highest BCUT2D eigenvalue weighted by molar-refractivity contribution is 6.55. The predicted molar refractivity (Wildman–Crippen MR) is 44.6 cm³/mol. The van der Waals surface area contributed by atoms with Crippen molar-refractivity contribution in [1.29, 1.82) is 0 Å². The molecule has 0 fully saturated rings. The lowest BCUT2D eigenvalue weighted by Gasteiger charge is -2.00. The van der Waals surface area contributed by atoms with Gasteiger partial charge >= 0.3 is 0 Å². The molecule has 0 radical (unpaired) electrons. The molecule has 0 aliphatic heterocycles. The van der Waals surface area contributed by atoms with Gasteiger partial charge in [0, 0.05) is 15.4 Å². The molecular formula is C7H18OSi. The van der Waals surface area contributed by atoms with Gasteiger partial charge in [-0.2, -0.15) is 0 Å². The first-order valence-electron chi connectivity index (χ1n) is 3.88. The minimum atomic E-state index is -0.295. The molecule has 0 aromatic rings. The van der Waals surface area contributed by atoms with Gasteiger partial charge in [-0.1, -0.05) is 32.0 Å². The fourth-order valence-electron chi connectivity index (χ4n) is 0.841. The van der Waals surface area contributed by atoms with E-state index in [0.717, 1.165) is 6.42 Å². The Morgan fingerprint density at radius 1 is 1.11 bits per heavy atom. The van der Waals surface area contributed by atoms with Gasteiger partial charge in [0.1, 0.15) is 0 Å². The van der Waals surface area contributed by atoms with Gasteiger partial charge < -0.3 is 5.11 Å². The summed E-state index contributed by atoms with van der Waals surface area (Å²) >= 11 is 0. The molecule has 0 saturated carbocycles. The predicted octanol–water partition coefficient (Wildman–Crippen LogP) is 1.64. The van der Waals surface area contributed by atoms with Gasteiger partial charge in [-0.15, -0.1) is 0 Å². The van der Waals surface area contributed by atoms with Gasteiger partial charge in [-0.25, -0.2) is 0 Å². The number of hydrogen-bond acceptors (Lipinski definition) is 1. The van der Waals surface area contributed by atoms with Gasteiger partial charge in [0.25, 0.3) is 0 Å². The highest BCUT2D eigenvalue weighted by Crippen LogP contribution is 2.02. The lowest BCUT2D eigenvalue weighted by molar-refractivity contribution is 0.284. The molecule has 0 heterocycles. The molecule has 0 aliphatic carbocycles. The van der Waals surface area contributed by atoms with Crippen LogP contribution in [0.5, 0.6) is 0 Å². The summed E-state index contributed by atoms with van der Waals surface area (Å²) in [6.07, 6.45) is 3.56. The summed E-state index contributed by atoms with van der Waals surface area (Å²) in [5.74, 6) is 0. The summed E-state index contributed by atoms with van der Waals surface area (Å²) in [5, 5.41) is 8.44. The number of rotatable bonds is 5. The Bertz CT molecular complexity index is 54.9. The summed E-state index contributed by atoms with van der Waals surface area (Å²) in [7, 11) is -0.295. The normalized spacial score (nSPS) is 10.7. The fraction of sp³-hybridized carbons (Fsp3) is 1.00. The second kappa shape index (κ2) is 6.30. The average Bonchev–Trinajstić information content (AvgIpc) is 1.80. The van der Waals surface area contributed by atoms with Crippen molar-refractivity contribution in [3.05, 3.63) is 0 Å². The highest BCUT2D eigenvalue weighted by Gasteiger charge is 1.93. The first-order chi connectivity index (χ1) is 4.27. The van der Waals surface area contributed by atoms with Crippen LogP contribution in [-0.2, 0) is 0 Å². The van der Waals surface area contributed by atoms with E-state index in [1.807, 2.05) is 0 Å². The summed E-state index contributed by atoms with van der Waals surface area (Å²) in [4.78, 5) is 0. The third-order valence-electron chi connectivity index (χ3n) is 1.44. The Morgan fingerprint density at radius 3 is 2.22 bits per heavy atom. The van der Waals surface area contributed by atoms with Gasteiger partial charge in [0.2, 0.25) is 0 Å². The van der Waals surface area contributed by atoms with Crippen LogP contribution in [0.4, 0.5) is 0 Å². The maximum absolute atomic E-state index is 8.44. The molecule has 0 spiro atoms. The molecular weight excluding hydrogens is 128 g/mol. The SMILES string of the molecule is C[SiH](C)CCCCCO. The number of hydrogen-bond donors (Lipinski definition) is 1. The Balaban J connectivity index is 2.75. The van der Waals surface area contributed by atoms with Crippen LogP contribution in [0.15, 0.2) is 0 Å². The standard InChI is InChI=1S/C7H18OSi/c1-9(2)7-5-3-4-6-8/h8-9H,3-7H2,1-2H3. The molecule has 0 saturated heterocycles. The largest absolute Gasteiger partial charge is 0.396 e. The third kappa shape index (κ3) is 8.18. The second-order valence-corrected chi connectivity index (χ2v) is 6.33. The van der Waals surface area contributed by atoms with Crippen molar-refractivity contribution in [2.75, 3.05) is 6.61 Å². The molecule has 0 aromatic carbocycles. The van der Waals surface area contributed by atoms with E-state index in [9.17, 15) is 0 Å². The summed E-state index contributed by atoms with van der Waals surface area (Å²) in [6.45, 7) is 5.12. The van der Waals surface area contributed by atoms with Crippen LogP contribution in [0.25, 0.3) is 0 Å². The van der Waals surface area contributed by atoms with E-state index in [1.165, 1.54) is 18.9 Å². The first kappa shape index (κ1) is 9.18. The lowest BCUT2D eigenvalue weighted by atomic mass is 10.3. The number of aliphatic hydroxyl groups excluding tert-OH is 1. The molecule has 9 heavy (non-hydrogen) atoms. The zero-order valence-electron chi connectivity index (χ0n) is 6.56. The molecule has 0 aliphatic rings. The van der Waals surface area contributed by atoms with E-state index in [0.29, 0.717) is 6.61 Å². The van der Waals surface area contributed by atoms with Gasteiger partial charge in [0.05, 0.1) is 0 Å². The third-order valence-corrected chi connectivity index (χ3v) is 3.00. The van der Waals surface area contributed by atoms with Crippen LogP contribution < -0.4 is 0 Å². The molecule has 0 atom stereocenters. The second-order valence-electron chi connectivity index (χ2n) is 2.97. The van der Waals surface area contributed by atoms with Crippen LogP contribution in [0, 0.1) is 0 Å². The molecule has 1 N–H and O–H groups in total. The van der Waals surface area contributed by atoms with Crippen LogP contribution in [0.1, 0.15) is 19.3 Å². The van der Waals surface area contributed by atoms with Crippen molar-refractivity contribution in [2.45, 2.75) is 38.4 Å². The maximum atomic E-state index is 8.44. The van der Waals surface area contributed by atoms with E-state index >= 15 is 0 Å². The zero-order valence-corrected chi connectivity index (χ0v) is 7.71. The molecule has 0 amide bonds. The maximum Gasteiger partial charge on any atom is 0.0431 e. The Morgan fingerprint density at radius 2 is 1.78 bits per heavy atom. The van der Waals surface area contributed by atoms with Crippen LogP contribution in [-0.4, -0.2) is 20.5 Å². The topological polar surface area (TPSA) is 20.2 Å². The Kier molecular flexibility index (Phi) is 6.42. The molecule has 0 unspecified atom stereocenters. The molecule has 56 valence electrons. The first-order valence-corrected chi connectivity index (χ1v) is 7.01. The molecule has 0 aromatic heterocycles. The van der Waals surface area contributed by atoms with Gasteiger partial charge in [-0.05, 0) is 6.42 Å². The van der Waals surface area contributed by atoms with Crippen LogP contribution >= 0.6 is 0 Å². The minimum Gasteiger partial charge on any atom is -0.396 e. The molecule has 0 bridgehead atoms. The molecule has 0 rings (SSSR count). The average molecular weight is 146 g/mol. The fourth-order valence-corrected chi connectivity index (χ4v) is 1.95. The van der Waals surface area contributed by atoms with E-state index < -0.39 is 0 Å².